The first-order valence-corrected chi connectivity index (χ1v) is 12.4. The normalized spacial score (nSPS) is 14.8. The van der Waals surface area contributed by atoms with Crippen LogP contribution in [0.1, 0.15) is 29.1 Å². The number of nitrogens with zero attached hydrogens (tertiary/aromatic N) is 4. The van der Waals surface area contributed by atoms with E-state index in [0.29, 0.717) is 36.7 Å². The molecule has 31 heavy (non-hydrogen) atoms. The summed E-state index contributed by atoms with van der Waals surface area (Å²) in [6.45, 7) is 7.65. The second kappa shape index (κ2) is 9.33. The van der Waals surface area contributed by atoms with Gasteiger partial charge in [-0.3, -0.25) is 14.9 Å². The van der Waals surface area contributed by atoms with E-state index in [0.717, 1.165) is 11.6 Å². The van der Waals surface area contributed by atoms with Crippen LogP contribution in [0.15, 0.2) is 34.5 Å². The molecule has 1 amide bonds. The smallest absolute Gasteiger partial charge is 0.293 e. The Bertz CT molecular complexity index is 1070. The van der Waals surface area contributed by atoms with Crippen molar-refractivity contribution in [2.75, 3.05) is 44.2 Å². The first-order chi connectivity index (χ1) is 14.7. The second-order valence-corrected chi connectivity index (χ2v) is 10.1. The fourth-order valence-corrected chi connectivity index (χ4v) is 6.05. The number of anilines is 1. The molecule has 0 saturated carbocycles. The van der Waals surface area contributed by atoms with Crippen LogP contribution in [0.4, 0.5) is 11.4 Å². The maximum atomic E-state index is 12.8. The molecule has 0 bridgehead atoms. The highest BCUT2D eigenvalue weighted by molar-refractivity contribution is 7.89. The molecule has 0 spiro atoms. The van der Waals surface area contributed by atoms with Gasteiger partial charge in [-0.1, -0.05) is 13.8 Å². The zero-order chi connectivity index (χ0) is 22.8. The van der Waals surface area contributed by atoms with Gasteiger partial charge in [0.25, 0.3) is 11.6 Å². The molecule has 0 atom stereocenters. The van der Waals surface area contributed by atoms with Gasteiger partial charge < -0.3 is 9.80 Å². The lowest BCUT2D eigenvalue weighted by molar-refractivity contribution is -0.384. The Morgan fingerprint density at radius 1 is 1.16 bits per heavy atom. The Balaban J connectivity index is 1.81. The van der Waals surface area contributed by atoms with E-state index >= 15 is 0 Å². The standard InChI is InChI=1S/C20H26N4O5S2/c1-4-23(5-2)31(28,29)16-6-7-17(18(14-16)24(26)27)21-9-11-22(12-10-21)20(25)19-15(3)8-13-30-19/h6-8,13-14H,4-5,9-12H2,1-3H3. The number of aryl methyl sites for hydroxylation is 1. The number of sulfonamides is 1. The maximum Gasteiger partial charge on any atom is 0.293 e. The van der Waals surface area contributed by atoms with Crippen molar-refractivity contribution in [1.29, 1.82) is 0 Å². The molecule has 168 valence electrons. The number of nitro groups is 1. The summed E-state index contributed by atoms with van der Waals surface area (Å²) in [5.74, 6) is -0.0256. The molecule has 1 fully saturated rings. The van der Waals surface area contributed by atoms with Crippen LogP contribution in [0.5, 0.6) is 0 Å². The van der Waals surface area contributed by atoms with Crippen molar-refractivity contribution in [3.63, 3.8) is 0 Å². The summed E-state index contributed by atoms with van der Waals surface area (Å²) in [4.78, 5) is 28.1. The zero-order valence-electron chi connectivity index (χ0n) is 17.8. The molecule has 2 aromatic rings. The Morgan fingerprint density at radius 3 is 2.32 bits per heavy atom. The lowest BCUT2D eigenvalue weighted by Gasteiger charge is -2.35. The SMILES string of the molecule is CCN(CC)S(=O)(=O)c1ccc(N2CCN(C(=O)c3sccc3C)CC2)c([N+](=O)[O-])c1. The molecule has 0 aliphatic carbocycles. The van der Waals surface area contributed by atoms with Gasteiger partial charge in [0.1, 0.15) is 5.69 Å². The predicted molar refractivity (Wildman–Crippen MR) is 120 cm³/mol. The molecule has 1 aliphatic heterocycles. The number of hydrogen-bond acceptors (Lipinski definition) is 7. The number of carbonyl (C=O) groups is 1. The van der Waals surface area contributed by atoms with Crippen LogP contribution in [-0.2, 0) is 10.0 Å². The third-order valence-corrected chi connectivity index (χ3v) is 8.50. The van der Waals surface area contributed by atoms with Crippen LogP contribution in [0, 0.1) is 17.0 Å². The Morgan fingerprint density at radius 2 is 1.81 bits per heavy atom. The van der Waals surface area contributed by atoms with Gasteiger partial charge in [0, 0.05) is 45.3 Å². The van der Waals surface area contributed by atoms with Crippen LogP contribution in [0.25, 0.3) is 0 Å². The minimum atomic E-state index is -3.80. The largest absolute Gasteiger partial charge is 0.362 e. The van der Waals surface area contributed by atoms with E-state index in [9.17, 15) is 23.3 Å². The van der Waals surface area contributed by atoms with Gasteiger partial charge in [0.15, 0.2) is 0 Å². The topological polar surface area (TPSA) is 104 Å². The third kappa shape index (κ3) is 4.58. The van der Waals surface area contributed by atoms with Gasteiger partial charge >= 0.3 is 0 Å². The summed E-state index contributed by atoms with van der Waals surface area (Å²) in [6, 6.07) is 5.96. The molecule has 11 heteroatoms. The fraction of sp³-hybridized carbons (Fsp3) is 0.450. The monoisotopic (exact) mass is 466 g/mol. The first-order valence-electron chi connectivity index (χ1n) is 10.1. The van der Waals surface area contributed by atoms with Crippen LogP contribution in [-0.4, -0.2) is 67.7 Å². The Kier molecular flexibility index (Phi) is 6.97. The number of hydrogen-bond donors (Lipinski definition) is 0. The summed E-state index contributed by atoms with van der Waals surface area (Å²) in [5.41, 5.74) is 1.06. The number of carbonyl (C=O) groups excluding carboxylic acids is 1. The average molecular weight is 467 g/mol. The minimum absolute atomic E-state index is 0.0256. The van der Waals surface area contributed by atoms with Crippen molar-refractivity contribution < 1.29 is 18.1 Å². The van der Waals surface area contributed by atoms with Gasteiger partial charge in [-0.2, -0.15) is 4.31 Å². The molecule has 0 N–H and O–H groups in total. The summed E-state index contributed by atoms with van der Waals surface area (Å²) in [7, 11) is -3.80. The average Bonchev–Trinajstić information content (AvgIpc) is 3.19. The van der Waals surface area contributed by atoms with Gasteiger partial charge in [-0.15, -0.1) is 11.3 Å². The van der Waals surface area contributed by atoms with E-state index in [2.05, 4.69) is 0 Å². The van der Waals surface area contributed by atoms with Crippen molar-refractivity contribution in [1.82, 2.24) is 9.21 Å². The summed E-state index contributed by atoms with van der Waals surface area (Å²) >= 11 is 1.41. The quantitative estimate of drug-likeness (QED) is 0.459. The number of benzene rings is 1. The maximum absolute atomic E-state index is 12.8. The molecule has 1 aromatic heterocycles. The number of amides is 1. The van der Waals surface area contributed by atoms with Gasteiger partial charge in [-0.25, -0.2) is 8.42 Å². The van der Waals surface area contributed by atoms with Crippen LogP contribution < -0.4 is 4.90 Å². The van der Waals surface area contributed by atoms with E-state index in [1.54, 1.807) is 18.7 Å². The molecule has 0 unspecified atom stereocenters. The highest BCUT2D eigenvalue weighted by Gasteiger charge is 2.30. The zero-order valence-corrected chi connectivity index (χ0v) is 19.4. The number of piperazine rings is 1. The molecule has 1 aromatic carbocycles. The molecule has 1 saturated heterocycles. The molecular formula is C20H26N4O5S2. The van der Waals surface area contributed by atoms with Crippen molar-refractivity contribution in [3.8, 4) is 0 Å². The lowest BCUT2D eigenvalue weighted by atomic mass is 10.2. The molecule has 0 radical (unpaired) electrons. The molecular weight excluding hydrogens is 440 g/mol. The molecule has 9 nitrogen and oxygen atoms in total. The fourth-order valence-electron chi connectivity index (χ4n) is 3.68. The van der Waals surface area contributed by atoms with Crippen molar-refractivity contribution in [2.45, 2.75) is 25.7 Å². The van der Waals surface area contributed by atoms with Gasteiger partial charge in [-0.05, 0) is 36.1 Å². The number of rotatable bonds is 7. The van der Waals surface area contributed by atoms with E-state index < -0.39 is 14.9 Å². The number of nitro benzene ring substituents is 1. The van der Waals surface area contributed by atoms with E-state index in [4.69, 9.17) is 0 Å². The van der Waals surface area contributed by atoms with Crippen LogP contribution >= 0.6 is 11.3 Å². The van der Waals surface area contributed by atoms with Crippen molar-refractivity contribution in [2.24, 2.45) is 0 Å². The van der Waals surface area contributed by atoms with Gasteiger partial charge in [0.2, 0.25) is 10.0 Å². The van der Waals surface area contributed by atoms with E-state index in [1.165, 1.54) is 27.8 Å². The first kappa shape index (κ1) is 23.2. The van der Waals surface area contributed by atoms with Crippen molar-refractivity contribution in [3.05, 3.63) is 50.2 Å². The molecule has 1 aliphatic rings. The van der Waals surface area contributed by atoms with Crippen LogP contribution in [0.2, 0.25) is 0 Å². The lowest BCUT2D eigenvalue weighted by Crippen LogP contribution is -2.48. The third-order valence-electron chi connectivity index (χ3n) is 5.45. The summed E-state index contributed by atoms with van der Waals surface area (Å²) in [5, 5.41) is 13.6. The van der Waals surface area contributed by atoms with E-state index in [-0.39, 0.29) is 29.6 Å². The highest BCUT2D eigenvalue weighted by Crippen LogP contribution is 2.32. The molecule has 2 heterocycles. The summed E-state index contributed by atoms with van der Waals surface area (Å²) in [6.07, 6.45) is 0. The Hall–Kier alpha value is -2.50. The van der Waals surface area contributed by atoms with E-state index in [1.807, 2.05) is 23.3 Å². The number of thiophene rings is 1. The second-order valence-electron chi connectivity index (χ2n) is 7.21. The van der Waals surface area contributed by atoms with Crippen molar-refractivity contribution >= 4 is 38.6 Å². The summed E-state index contributed by atoms with van der Waals surface area (Å²) < 4.78 is 26.8. The Labute approximate surface area is 186 Å². The molecule has 3 rings (SSSR count). The van der Waals surface area contributed by atoms with Crippen LogP contribution in [0.3, 0.4) is 0 Å². The predicted octanol–water partition coefficient (Wildman–Crippen LogP) is 2.96. The minimum Gasteiger partial charge on any atom is -0.362 e. The highest BCUT2D eigenvalue weighted by atomic mass is 32.2. The van der Waals surface area contributed by atoms with Gasteiger partial charge in [0.05, 0.1) is 14.7 Å².